The van der Waals surface area contributed by atoms with E-state index in [1.807, 2.05) is 6.92 Å². The van der Waals surface area contributed by atoms with E-state index in [9.17, 15) is 8.42 Å². The number of hydrogen-bond donors (Lipinski definition) is 1. The number of sulfonamides is 1. The maximum absolute atomic E-state index is 12.4. The first-order chi connectivity index (χ1) is 9.03. The van der Waals surface area contributed by atoms with Gasteiger partial charge in [0.05, 0.1) is 12.4 Å². The normalized spacial score (nSPS) is 21.5. The van der Waals surface area contributed by atoms with E-state index in [0.29, 0.717) is 6.54 Å². The Kier molecular flexibility index (Phi) is 4.89. The second kappa shape index (κ2) is 6.26. The summed E-state index contributed by atoms with van der Waals surface area (Å²) >= 11 is 1.80. The van der Waals surface area contributed by atoms with Crippen LogP contribution in [0.3, 0.4) is 0 Å². The van der Waals surface area contributed by atoms with Gasteiger partial charge in [0.2, 0.25) is 10.0 Å². The maximum atomic E-state index is 12.4. The first-order valence-electron chi connectivity index (χ1n) is 6.29. The van der Waals surface area contributed by atoms with Gasteiger partial charge in [-0.1, -0.05) is 24.3 Å². The lowest BCUT2D eigenvalue weighted by molar-refractivity contribution is 0.282. The minimum absolute atomic E-state index is 0.0204. The van der Waals surface area contributed by atoms with Crippen LogP contribution in [0, 0.1) is 0 Å². The molecule has 19 heavy (non-hydrogen) atoms. The van der Waals surface area contributed by atoms with Crippen LogP contribution in [0.1, 0.15) is 18.1 Å². The standard InChI is InChI=1S/C13H19NO3S2/c1-11-9-18-7-6-14(11)19(16,17)10-13-4-2-12(8-15)3-5-13/h2-5,11,15H,6-10H2,1H3. The van der Waals surface area contributed by atoms with Crippen molar-refractivity contribution in [2.45, 2.75) is 25.3 Å². The Morgan fingerprint density at radius 2 is 1.95 bits per heavy atom. The fourth-order valence-electron chi connectivity index (χ4n) is 2.16. The van der Waals surface area contributed by atoms with Crippen LogP contribution in [0.2, 0.25) is 0 Å². The molecule has 1 fully saturated rings. The third-order valence-corrected chi connectivity index (χ3v) is 6.36. The molecule has 0 aliphatic carbocycles. The van der Waals surface area contributed by atoms with Gasteiger partial charge in [-0.05, 0) is 18.1 Å². The number of benzene rings is 1. The molecule has 0 radical (unpaired) electrons. The lowest BCUT2D eigenvalue weighted by Gasteiger charge is -2.32. The highest BCUT2D eigenvalue weighted by Gasteiger charge is 2.29. The molecule has 1 N–H and O–H groups in total. The topological polar surface area (TPSA) is 57.6 Å². The zero-order valence-electron chi connectivity index (χ0n) is 10.9. The van der Waals surface area contributed by atoms with Crippen molar-refractivity contribution in [1.82, 2.24) is 4.31 Å². The Hall–Kier alpha value is -0.560. The summed E-state index contributed by atoms with van der Waals surface area (Å²) in [7, 11) is -3.25. The lowest BCUT2D eigenvalue weighted by atomic mass is 10.2. The number of thioether (sulfide) groups is 1. The summed E-state index contributed by atoms with van der Waals surface area (Å²) < 4.78 is 26.4. The van der Waals surface area contributed by atoms with Gasteiger partial charge >= 0.3 is 0 Å². The second-order valence-corrected chi connectivity index (χ2v) is 7.84. The highest BCUT2D eigenvalue weighted by atomic mass is 32.2. The maximum Gasteiger partial charge on any atom is 0.218 e. The monoisotopic (exact) mass is 301 g/mol. The van der Waals surface area contributed by atoms with Gasteiger partial charge in [-0.25, -0.2) is 8.42 Å². The van der Waals surface area contributed by atoms with Gasteiger partial charge in [0.1, 0.15) is 0 Å². The Bertz CT molecular complexity index is 513. The molecular weight excluding hydrogens is 282 g/mol. The number of nitrogens with zero attached hydrogens (tertiary/aromatic N) is 1. The largest absolute Gasteiger partial charge is 0.392 e. The summed E-state index contributed by atoms with van der Waals surface area (Å²) in [6.45, 7) is 2.54. The first-order valence-corrected chi connectivity index (χ1v) is 9.05. The molecule has 0 bridgehead atoms. The molecule has 1 aliphatic heterocycles. The molecule has 1 aromatic carbocycles. The lowest BCUT2D eigenvalue weighted by Crippen LogP contribution is -2.44. The smallest absolute Gasteiger partial charge is 0.218 e. The molecule has 4 nitrogen and oxygen atoms in total. The number of aliphatic hydroxyl groups is 1. The van der Waals surface area contributed by atoms with Crippen molar-refractivity contribution in [2.24, 2.45) is 0 Å². The van der Waals surface area contributed by atoms with Gasteiger partial charge in [0, 0.05) is 24.1 Å². The predicted octanol–water partition coefficient (Wildman–Crippen LogP) is 1.45. The van der Waals surface area contributed by atoms with E-state index in [4.69, 9.17) is 5.11 Å². The van der Waals surface area contributed by atoms with Crippen molar-refractivity contribution < 1.29 is 13.5 Å². The average Bonchev–Trinajstić information content (AvgIpc) is 2.39. The Morgan fingerprint density at radius 3 is 2.53 bits per heavy atom. The minimum Gasteiger partial charge on any atom is -0.392 e. The van der Waals surface area contributed by atoms with Crippen molar-refractivity contribution in [3.63, 3.8) is 0 Å². The Morgan fingerprint density at radius 1 is 1.32 bits per heavy atom. The summed E-state index contributed by atoms with van der Waals surface area (Å²) in [6, 6.07) is 7.14. The molecule has 1 aliphatic rings. The van der Waals surface area contributed by atoms with Crippen molar-refractivity contribution in [3.8, 4) is 0 Å². The molecule has 0 saturated carbocycles. The summed E-state index contributed by atoms with van der Waals surface area (Å²) in [5.41, 5.74) is 1.56. The van der Waals surface area contributed by atoms with E-state index < -0.39 is 10.0 Å². The molecule has 1 saturated heterocycles. The second-order valence-electron chi connectivity index (χ2n) is 4.77. The highest BCUT2D eigenvalue weighted by molar-refractivity contribution is 7.99. The SMILES string of the molecule is CC1CSCCN1S(=O)(=O)Cc1ccc(CO)cc1. The predicted molar refractivity (Wildman–Crippen MR) is 78.5 cm³/mol. The number of rotatable bonds is 4. The molecule has 1 aromatic rings. The number of aliphatic hydroxyl groups excluding tert-OH is 1. The highest BCUT2D eigenvalue weighted by Crippen LogP contribution is 2.21. The number of hydrogen-bond acceptors (Lipinski definition) is 4. The van der Waals surface area contributed by atoms with Crippen LogP contribution in [0.5, 0.6) is 0 Å². The van der Waals surface area contributed by atoms with Crippen LogP contribution in [-0.4, -0.2) is 41.9 Å². The average molecular weight is 301 g/mol. The molecule has 1 unspecified atom stereocenters. The zero-order valence-corrected chi connectivity index (χ0v) is 12.6. The van der Waals surface area contributed by atoms with E-state index >= 15 is 0 Å². The van der Waals surface area contributed by atoms with E-state index in [0.717, 1.165) is 22.6 Å². The quantitative estimate of drug-likeness (QED) is 0.914. The molecule has 0 spiro atoms. The van der Waals surface area contributed by atoms with Gasteiger partial charge in [0.25, 0.3) is 0 Å². The molecule has 0 amide bonds. The molecule has 1 atom stereocenters. The van der Waals surface area contributed by atoms with E-state index in [-0.39, 0.29) is 18.4 Å². The van der Waals surface area contributed by atoms with Crippen LogP contribution in [0.4, 0.5) is 0 Å². The van der Waals surface area contributed by atoms with Crippen LogP contribution < -0.4 is 0 Å². The van der Waals surface area contributed by atoms with Crippen molar-refractivity contribution in [2.75, 3.05) is 18.1 Å². The zero-order chi connectivity index (χ0) is 13.9. The fourth-order valence-corrected chi connectivity index (χ4v) is 5.15. The third kappa shape index (κ3) is 3.72. The van der Waals surface area contributed by atoms with Gasteiger partial charge in [-0.2, -0.15) is 16.1 Å². The molecule has 0 aromatic heterocycles. The van der Waals surface area contributed by atoms with E-state index in [1.165, 1.54) is 0 Å². The van der Waals surface area contributed by atoms with Gasteiger partial charge in [-0.3, -0.25) is 0 Å². The third-order valence-electron chi connectivity index (χ3n) is 3.22. The van der Waals surface area contributed by atoms with Crippen molar-refractivity contribution >= 4 is 21.8 Å². The van der Waals surface area contributed by atoms with E-state index in [2.05, 4.69) is 0 Å². The first kappa shape index (κ1) is 14.8. The fraction of sp³-hybridized carbons (Fsp3) is 0.538. The van der Waals surface area contributed by atoms with Gasteiger partial charge in [0.15, 0.2) is 0 Å². The van der Waals surface area contributed by atoms with Crippen molar-refractivity contribution in [1.29, 1.82) is 0 Å². The van der Waals surface area contributed by atoms with Gasteiger partial charge < -0.3 is 5.11 Å². The molecule has 6 heteroatoms. The summed E-state index contributed by atoms with van der Waals surface area (Å²) in [4.78, 5) is 0. The minimum atomic E-state index is -3.25. The molecule has 2 rings (SSSR count). The van der Waals surface area contributed by atoms with Crippen LogP contribution >= 0.6 is 11.8 Å². The Balaban J connectivity index is 2.11. The van der Waals surface area contributed by atoms with E-state index in [1.54, 1.807) is 40.3 Å². The van der Waals surface area contributed by atoms with Gasteiger partial charge in [-0.15, -0.1) is 0 Å². The summed E-state index contributed by atoms with van der Waals surface area (Å²) in [5.74, 6) is 1.77. The van der Waals surface area contributed by atoms with Crippen LogP contribution in [-0.2, 0) is 22.4 Å². The molecule has 1 heterocycles. The van der Waals surface area contributed by atoms with Crippen molar-refractivity contribution in [3.05, 3.63) is 35.4 Å². The van der Waals surface area contributed by atoms with Crippen LogP contribution in [0.25, 0.3) is 0 Å². The summed E-state index contributed by atoms with van der Waals surface area (Å²) in [5, 5.41) is 8.97. The van der Waals surface area contributed by atoms with Crippen LogP contribution in [0.15, 0.2) is 24.3 Å². The molecule has 106 valence electrons. The summed E-state index contributed by atoms with van der Waals surface area (Å²) in [6.07, 6.45) is 0. The Labute approximate surface area is 118 Å². The molecular formula is C13H19NO3S2.